The van der Waals surface area contributed by atoms with Gasteiger partial charge in [-0.2, -0.15) is 4.31 Å². The molecule has 9 heteroatoms. The van der Waals surface area contributed by atoms with E-state index in [1.54, 1.807) is 17.5 Å². The van der Waals surface area contributed by atoms with Crippen LogP contribution in [0.4, 0.5) is 0 Å². The zero-order valence-corrected chi connectivity index (χ0v) is 17.1. The van der Waals surface area contributed by atoms with Crippen molar-refractivity contribution in [3.8, 4) is 0 Å². The Morgan fingerprint density at radius 3 is 2.35 bits per heavy atom. The normalized spacial score (nSPS) is 27.4. The molecule has 2 aliphatic rings. The van der Waals surface area contributed by atoms with Gasteiger partial charge in [0, 0.05) is 39.3 Å². The smallest absolute Gasteiger partial charge is 0.252 e. The molecule has 2 saturated heterocycles. The summed E-state index contributed by atoms with van der Waals surface area (Å²) in [4.78, 5) is 16.8. The van der Waals surface area contributed by atoms with Crippen LogP contribution in [0, 0.1) is 0 Å². The lowest BCUT2D eigenvalue weighted by molar-refractivity contribution is -0.148. The minimum atomic E-state index is -3.41. The van der Waals surface area contributed by atoms with Crippen molar-refractivity contribution < 1.29 is 17.9 Å². The zero-order valence-electron chi connectivity index (χ0n) is 15.5. The second-order valence-electron chi connectivity index (χ2n) is 7.05. The second-order valence-corrected chi connectivity index (χ2v) is 10.2. The lowest BCUT2D eigenvalue weighted by atomic mass is 10.1. The van der Waals surface area contributed by atoms with Crippen molar-refractivity contribution in [3.05, 3.63) is 17.5 Å². The minimum absolute atomic E-state index is 0.0442. The van der Waals surface area contributed by atoms with E-state index in [0.717, 1.165) is 0 Å². The van der Waals surface area contributed by atoms with Gasteiger partial charge >= 0.3 is 0 Å². The third-order valence-electron chi connectivity index (χ3n) is 5.00. The van der Waals surface area contributed by atoms with Gasteiger partial charge in [0.05, 0.1) is 18.2 Å². The van der Waals surface area contributed by atoms with Crippen LogP contribution in [0.2, 0.25) is 0 Å². The fourth-order valence-electron chi connectivity index (χ4n) is 3.65. The van der Waals surface area contributed by atoms with E-state index in [-0.39, 0.29) is 24.2 Å². The molecule has 0 aromatic carbocycles. The molecule has 1 aromatic rings. The summed E-state index contributed by atoms with van der Waals surface area (Å²) in [6, 6.07) is 3.14. The number of sulfonamides is 1. The number of piperazine rings is 1. The van der Waals surface area contributed by atoms with Crippen molar-refractivity contribution in [2.45, 2.75) is 43.2 Å². The summed E-state index contributed by atoms with van der Waals surface area (Å²) in [5.41, 5.74) is 0. The molecule has 0 radical (unpaired) electrons. The van der Waals surface area contributed by atoms with Gasteiger partial charge < -0.3 is 9.64 Å². The predicted octanol–water partition coefficient (Wildman–Crippen LogP) is 1.08. The lowest BCUT2D eigenvalue weighted by Gasteiger charge is -2.41. The first-order chi connectivity index (χ1) is 12.3. The third kappa shape index (κ3) is 4.12. The highest BCUT2D eigenvalue weighted by molar-refractivity contribution is 7.91. The highest BCUT2D eigenvalue weighted by Gasteiger charge is 2.35. The van der Waals surface area contributed by atoms with Crippen molar-refractivity contribution in [2.24, 2.45) is 0 Å². The van der Waals surface area contributed by atoms with Crippen LogP contribution in [0.15, 0.2) is 21.7 Å². The first-order valence-electron chi connectivity index (χ1n) is 9.01. The molecule has 1 aromatic heterocycles. The van der Waals surface area contributed by atoms with E-state index in [2.05, 4.69) is 4.90 Å². The highest BCUT2D eigenvalue weighted by atomic mass is 32.2. The van der Waals surface area contributed by atoms with Crippen molar-refractivity contribution in [1.29, 1.82) is 0 Å². The number of ether oxygens (including phenoxy) is 1. The summed E-state index contributed by atoms with van der Waals surface area (Å²) in [7, 11) is -3.41. The third-order valence-corrected chi connectivity index (χ3v) is 8.27. The molecule has 1 amide bonds. The second kappa shape index (κ2) is 7.93. The maximum atomic E-state index is 12.9. The Balaban J connectivity index is 1.58. The molecule has 3 atom stereocenters. The molecule has 2 aliphatic heterocycles. The maximum Gasteiger partial charge on any atom is 0.252 e. The molecule has 3 heterocycles. The number of thiophene rings is 1. The summed E-state index contributed by atoms with van der Waals surface area (Å²) in [6.07, 6.45) is 0.0883. The van der Waals surface area contributed by atoms with Gasteiger partial charge in [0.25, 0.3) is 10.0 Å². The summed E-state index contributed by atoms with van der Waals surface area (Å²) in [5.74, 6) is 0.0987. The molecule has 0 spiro atoms. The summed E-state index contributed by atoms with van der Waals surface area (Å²) in [6.45, 7) is 9.04. The average Bonchev–Trinajstić information content (AvgIpc) is 3.15. The van der Waals surface area contributed by atoms with Crippen molar-refractivity contribution in [3.63, 3.8) is 0 Å². The van der Waals surface area contributed by atoms with Gasteiger partial charge in [0.2, 0.25) is 5.91 Å². The fraction of sp³-hybridized carbons (Fsp3) is 0.706. The number of carbonyl (C=O) groups excluding carboxylic acids is 1. The van der Waals surface area contributed by atoms with Gasteiger partial charge in [-0.3, -0.25) is 9.69 Å². The van der Waals surface area contributed by atoms with Crippen LogP contribution in [0.3, 0.4) is 0 Å². The van der Waals surface area contributed by atoms with Gasteiger partial charge in [0.15, 0.2) is 0 Å². The number of rotatable bonds is 4. The number of hydrogen-bond donors (Lipinski definition) is 0. The van der Waals surface area contributed by atoms with Crippen LogP contribution in [-0.2, 0) is 19.6 Å². The fourth-order valence-corrected chi connectivity index (χ4v) is 6.21. The molecule has 3 rings (SSSR count). The Hall–Kier alpha value is -1.00. The van der Waals surface area contributed by atoms with Crippen LogP contribution in [0.25, 0.3) is 0 Å². The Morgan fingerprint density at radius 2 is 1.81 bits per heavy atom. The monoisotopic (exact) mass is 401 g/mol. The molecule has 146 valence electrons. The van der Waals surface area contributed by atoms with Crippen LogP contribution >= 0.6 is 11.3 Å². The molecule has 0 saturated carbocycles. The van der Waals surface area contributed by atoms with E-state index in [1.165, 1.54) is 15.6 Å². The summed E-state index contributed by atoms with van der Waals surface area (Å²) < 4.78 is 32.8. The molecule has 26 heavy (non-hydrogen) atoms. The van der Waals surface area contributed by atoms with Crippen LogP contribution in [0.1, 0.15) is 20.8 Å². The Labute approximate surface area is 159 Å². The molecule has 7 nitrogen and oxygen atoms in total. The number of amides is 1. The number of nitrogens with zero attached hydrogens (tertiary/aromatic N) is 3. The van der Waals surface area contributed by atoms with Crippen LogP contribution in [-0.4, -0.2) is 85.9 Å². The molecule has 0 unspecified atom stereocenters. The average molecular weight is 402 g/mol. The molecule has 0 N–H and O–H groups in total. The molecular formula is C17H27N3O4S2. The first-order valence-corrected chi connectivity index (χ1v) is 11.3. The highest BCUT2D eigenvalue weighted by Crippen LogP contribution is 2.23. The van der Waals surface area contributed by atoms with Crippen LogP contribution in [0.5, 0.6) is 0 Å². The van der Waals surface area contributed by atoms with E-state index in [9.17, 15) is 13.2 Å². The van der Waals surface area contributed by atoms with E-state index < -0.39 is 10.0 Å². The topological polar surface area (TPSA) is 70.2 Å². The van der Waals surface area contributed by atoms with Crippen LogP contribution < -0.4 is 0 Å². The maximum absolute atomic E-state index is 12.9. The molecule has 2 fully saturated rings. The van der Waals surface area contributed by atoms with Crippen molar-refractivity contribution in [1.82, 2.24) is 14.1 Å². The largest absolute Gasteiger partial charge is 0.372 e. The molecular weight excluding hydrogens is 374 g/mol. The quantitative estimate of drug-likeness (QED) is 0.755. The van der Waals surface area contributed by atoms with Crippen molar-refractivity contribution >= 4 is 27.3 Å². The zero-order chi connectivity index (χ0) is 18.9. The van der Waals surface area contributed by atoms with Gasteiger partial charge in [-0.25, -0.2) is 8.42 Å². The Bertz CT molecular complexity index is 704. The lowest BCUT2D eigenvalue weighted by Crippen LogP contribution is -2.58. The SMILES string of the molecule is C[C@@H]1CN(C(=O)[C@H](C)N2CCN(S(=O)(=O)c3cccs3)CC2)C[C@H](C)O1. The van der Waals surface area contributed by atoms with E-state index >= 15 is 0 Å². The van der Waals surface area contributed by atoms with Gasteiger partial charge in [-0.05, 0) is 32.2 Å². The number of carbonyl (C=O) groups is 1. The predicted molar refractivity (Wildman–Crippen MR) is 101 cm³/mol. The van der Waals surface area contributed by atoms with E-state index in [0.29, 0.717) is 43.5 Å². The van der Waals surface area contributed by atoms with Crippen molar-refractivity contribution in [2.75, 3.05) is 39.3 Å². The van der Waals surface area contributed by atoms with Gasteiger partial charge in [-0.15, -0.1) is 11.3 Å². The van der Waals surface area contributed by atoms with E-state index in [1.807, 2.05) is 25.7 Å². The van der Waals surface area contributed by atoms with Gasteiger partial charge in [-0.1, -0.05) is 6.07 Å². The Morgan fingerprint density at radius 1 is 1.19 bits per heavy atom. The van der Waals surface area contributed by atoms with Gasteiger partial charge in [0.1, 0.15) is 4.21 Å². The number of hydrogen-bond acceptors (Lipinski definition) is 6. The molecule has 0 aliphatic carbocycles. The summed E-state index contributed by atoms with van der Waals surface area (Å²) >= 11 is 1.24. The summed E-state index contributed by atoms with van der Waals surface area (Å²) in [5, 5.41) is 1.77. The Kier molecular flexibility index (Phi) is 6.03. The standard InChI is InChI=1S/C17H27N3O4S2/c1-13-11-19(12-14(2)24-13)17(21)15(3)18-6-8-20(9-7-18)26(22,23)16-5-4-10-25-16/h4-5,10,13-15H,6-9,11-12H2,1-3H3/t13-,14+,15-/m0/s1. The minimum Gasteiger partial charge on any atom is -0.372 e. The number of morpholine rings is 1. The first kappa shape index (κ1) is 19.8. The van der Waals surface area contributed by atoms with E-state index in [4.69, 9.17) is 4.74 Å². The molecule has 0 bridgehead atoms.